The topological polar surface area (TPSA) is 39.1 Å². The van der Waals surface area contributed by atoms with Crippen LogP contribution in [0.25, 0.3) is 0 Å². The van der Waals surface area contributed by atoms with Crippen LogP contribution in [0.2, 0.25) is 0 Å². The fourth-order valence-electron chi connectivity index (χ4n) is 2.48. The summed E-state index contributed by atoms with van der Waals surface area (Å²) in [7, 11) is 0. The van der Waals surface area contributed by atoms with E-state index in [4.69, 9.17) is 0 Å². The Morgan fingerprint density at radius 1 is 1.41 bits per heavy atom. The maximum Gasteiger partial charge on any atom is 0.120 e. The summed E-state index contributed by atoms with van der Waals surface area (Å²) in [4.78, 5) is 2.35. The minimum absolute atomic E-state index is 0.330. The molecule has 3 heteroatoms. The summed E-state index contributed by atoms with van der Waals surface area (Å²) < 4.78 is 0. The van der Waals surface area contributed by atoms with Gasteiger partial charge in [0.15, 0.2) is 0 Å². The molecule has 17 heavy (non-hydrogen) atoms. The molecule has 1 N–H and O–H groups in total. The zero-order valence-corrected chi connectivity index (χ0v) is 10.3. The number of rotatable bonds is 4. The highest BCUT2D eigenvalue weighted by Gasteiger charge is 2.37. The van der Waals surface area contributed by atoms with E-state index in [0.29, 0.717) is 0 Å². The molecule has 2 rings (SSSR count). The minimum Gasteiger partial charge on any atom is -0.299 e. The molecule has 1 aliphatic rings. The molecule has 1 saturated heterocycles. The smallest absolute Gasteiger partial charge is 0.120 e. The Morgan fingerprint density at radius 3 is 2.82 bits per heavy atom. The number of nitrogens with one attached hydrogen (secondary N) is 1. The Bertz CT molecular complexity index is 396. The van der Waals surface area contributed by atoms with Gasteiger partial charge in [0.05, 0.1) is 6.07 Å². The van der Waals surface area contributed by atoms with Crippen molar-refractivity contribution in [2.45, 2.75) is 25.4 Å². The van der Waals surface area contributed by atoms with Gasteiger partial charge in [0.2, 0.25) is 0 Å². The lowest BCUT2D eigenvalue weighted by Crippen LogP contribution is -2.46. The number of hydrogen-bond acceptors (Lipinski definition) is 3. The maximum atomic E-state index is 9.29. The molecule has 3 nitrogen and oxygen atoms in total. The predicted molar refractivity (Wildman–Crippen MR) is 68.4 cm³/mol. The Kier molecular flexibility index (Phi) is 3.78. The zero-order chi connectivity index (χ0) is 12.1. The summed E-state index contributed by atoms with van der Waals surface area (Å²) >= 11 is 0. The van der Waals surface area contributed by atoms with E-state index in [2.05, 4.69) is 47.5 Å². The van der Waals surface area contributed by atoms with Crippen molar-refractivity contribution in [1.82, 2.24) is 10.2 Å². The lowest BCUT2D eigenvalue weighted by atomic mass is 10.0. The number of likely N-dealkylation sites (tertiary alicyclic amines) is 1. The van der Waals surface area contributed by atoms with E-state index in [1.54, 1.807) is 0 Å². The summed E-state index contributed by atoms with van der Waals surface area (Å²) in [6.07, 6.45) is 0.921. The van der Waals surface area contributed by atoms with Crippen molar-refractivity contribution in [2.75, 3.05) is 19.6 Å². The molecule has 0 aromatic heterocycles. The summed E-state index contributed by atoms with van der Waals surface area (Å²) in [6, 6.07) is 12.9. The standard InChI is InChI=1S/C14H19N3/c1-2-16-14(11-15)8-9-17(12-14)10-13-6-4-3-5-7-13/h3-7,16H,2,8-10,12H2,1H3. The highest BCUT2D eigenvalue weighted by atomic mass is 15.2. The third-order valence-electron chi connectivity index (χ3n) is 3.33. The Hall–Kier alpha value is -1.37. The van der Waals surface area contributed by atoms with Crippen molar-refractivity contribution in [3.63, 3.8) is 0 Å². The molecule has 90 valence electrons. The largest absolute Gasteiger partial charge is 0.299 e. The number of likely N-dealkylation sites (N-methyl/N-ethyl adjacent to an activating group) is 1. The van der Waals surface area contributed by atoms with Gasteiger partial charge in [-0.2, -0.15) is 5.26 Å². The van der Waals surface area contributed by atoms with Gasteiger partial charge in [0.25, 0.3) is 0 Å². The lowest BCUT2D eigenvalue weighted by Gasteiger charge is -2.22. The highest BCUT2D eigenvalue weighted by Crippen LogP contribution is 2.22. The van der Waals surface area contributed by atoms with E-state index in [9.17, 15) is 5.26 Å². The van der Waals surface area contributed by atoms with Gasteiger partial charge < -0.3 is 0 Å². The molecule has 0 radical (unpaired) electrons. The van der Waals surface area contributed by atoms with E-state index in [0.717, 1.165) is 32.6 Å². The van der Waals surface area contributed by atoms with Gasteiger partial charge in [0.1, 0.15) is 5.54 Å². The van der Waals surface area contributed by atoms with Crippen LogP contribution in [-0.4, -0.2) is 30.1 Å². The van der Waals surface area contributed by atoms with Crippen LogP contribution >= 0.6 is 0 Å². The van der Waals surface area contributed by atoms with Crippen LogP contribution in [0.15, 0.2) is 30.3 Å². The average molecular weight is 229 g/mol. The van der Waals surface area contributed by atoms with E-state index in [-0.39, 0.29) is 5.54 Å². The normalized spacial score (nSPS) is 24.7. The van der Waals surface area contributed by atoms with Crippen molar-refractivity contribution in [3.8, 4) is 6.07 Å². The third kappa shape index (κ3) is 2.85. The average Bonchev–Trinajstić information content (AvgIpc) is 2.75. The Labute approximate surface area is 103 Å². The summed E-state index contributed by atoms with van der Waals surface area (Å²) in [5.74, 6) is 0. The molecule has 0 amide bonds. The van der Waals surface area contributed by atoms with Gasteiger partial charge in [-0.1, -0.05) is 37.3 Å². The van der Waals surface area contributed by atoms with Gasteiger partial charge in [0, 0.05) is 19.6 Å². The predicted octanol–water partition coefficient (Wildman–Crippen LogP) is 1.76. The van der Waals surface area contributed by atoms with Crippen LogP contribution in [0.3, 0.4) is 0 Å². The van der Waals surface area contributed by atoms with Crippen LogP contribution in [0.1, 0.15) is 18.9 Å². The van der Waals surface area contributed by atoms with Crippen LogP contribution in [-0.2, 0) is 6.54 Å². The van der Waals surface area contributed by atoms with Crippen molar-refractivity contribution in [2.24, 2.45) is 0 Å². The second-order valence-corrected chi connectivity index (χ2v) is 4.67. The van der Waals surface area contributed by atoms with Gasteiger partial charge in [-0.05, 0) is 18.5 Å². The van der Waals surface area contributed by atoms with E-state index in [1.807, 2.05) is 6.07 Å². The third-order valence-corrected chi connectivity index (χ3v) is 3.33. The zero-order valence-electron chi connectivity index (χ0n) is 10.3. The molecule has 1 aliphatic heterocycles. The molecule has 0 bridgehead atoms. The van der Waals surface area contributed by atoms with Crippen molar-refractivity contribution in [1.29, 1.82) is 5.26 Å². The minimum atomic E-state index is -0.330. The number of hydrogen-bond donors (Lipinski definition) is 1. The van der Waals surface area contributed by atoms with E-state index < -0.39 is 0 Å². The summed E-state index contributed by atoms with van der Waals surface area (Å²) in [6.45, 7) is 5.67. The molecule has 1 atom stereocenters. The van der Waals surface area contributed by atoms with Crippen LogP contribution in [0.4, 0.5) is 0 Å². The molecular weight excluding hydrogens is 210 g/mol. The van der Waals surface area contributed by atoms with Crippen molar-refractivity contribution < 1.29 is 0 Å². The van der Waals surface area contributed by atoms with Crippen molar-refractivity contribution >= 4 is 0 Å². The summed E-state index contributed by atoms with van der Waals surface area (Å²) in [5.41, 5.74) is 0.988. The molecule has 1 heterocycles. The van der Waals surface area contributed by atoms with Gasteiger partial charge >= 0.3 is 0 Å². The first-order chi connectivity index (χ1) is 8.28. The molecular formula is C14H19N3. The molecule has 0 spiro atoms. The maximum absolute atomic E-state index is 9.29. The van der Waals surface area contributed by atoms with Crippen molar-refractivity contribution in [3.05, 3.63) is 35.9 Å². The van der Waals surface area contributed by atoms with E-state index >= 15 is 0 Å². The second kappa shape index (κ2) is 5.31. The van der Waals surface area contributed by atoms with Gasteiger partial charge in [-0.15, -0.1) is 0 Å². The fourth-order valence-corrected chi connectivity index (χ4v) is 2.48. The first-order valence-corrected chi connectivity index (χ1v) is 6.20. The highest BCUT2D eigenvalue weighted by molar-refractivity contribution is 5.17. The molecule has 1 aromatic carbocycles. The van der Waals surface area contributed by atoms with Crippen LogP contribution in [0.5, 0.6) is 0 Å². The molecule has 1 aromatic rings. The first kappa shape index (κ1) is 12.1. The fraction of sp³-hybridized carbons (Fsp3) is 0.500. The summed E-state index contributed by atoms with van der Waals surface area (Å²) in [5, 5.41) is 12.6. The van der Waals surface area contributed by atoms with Gasteiger partial charge in [-0.25, -0.2) is 0 Å². The SMILES string of the molecule is CCNC1(C#N)CCN(Cc2ccccc2)C1. The van der Waals surface area contributed by atoms with Crippen LogP contribution < -0.4 is 5.32 Å². The second-order valence-electron chi connectivity index (χ2n) is 4.67. The Morgan fingerprint density at radius 2 is 2.18 bits per heavy atom. The first-order valence-electron chi connectivity index (χ1n) is 6.20. The monoisotopic (exact) mass is 229 g/mol. The van der Waals surface area contributed by atoms with Crippen LogP contribution in [0, 0.1) is 11.3 Å². The van der Waals surface area contributed by atoms with E-state index in [1.165, 1.54) is 5.56 Å². The number of nitrogens with zero attached hydrogens (tertiary/aromatic N) is 2. The Balaban J connectivity index is 1.96. The quantitative estimate of drug-likeness (QED) is 0.855. The molecule has 0 aliphatic carbocycles. The number of nitriles is 1. The molecule has 0 saturated carbocycles. The number of benzene rings is 1. The molecule has 1 unspecified atom stereocenters. The molecule has 1 fully saturated rings. The lowest BCUT2D eigenvalue weighted by molar-refractivity contribution is 0.305. The van der Waals surface area contributed by atoms with Gasteiger partial charge in [-0.3, -0.25) is 10.2 Å².